The fourth-order valence-electron chi connectivity index (χ4n) is 0.680. The van der Waals surface area contributed by atoms with Crippen LogP contribution in [0.5, 0.6) is 5.75 Å². The zero-order valence-electron chi connectivity index (χ0n) is 6.55. The van der Waals surface area contributed by atoms with Gasteiger partial charge in [0.05, 0.1) is 6.61 Å². The van der Waals surface area contributed by atoms with E-state index in [2.05, 4.69) is 4.98 Å². The van der Waals surface area contributed by atoms with Crippen LogP contribution in [-0.2, 0) is 0 Å². The molecule has 0 amide bonds. The summed E-state index contributed by atoms with van der Waals surface area (Å²) in [7, 11) is 0. The molecule has 1 aromatic heterocycles. The Kier molecular flexibility index (Phi) is 3.50. The van der Waals surface area contributed by atoms with Crippen LogP contribution >= 0.6 is 0 Å². The lowest BCUT2D eigenvalue weighted by Gasteiger charge is -2.08. The van der Waals surface area contributed by atoms with E-state index >= 15 is 0 Å². The number of aromatic nitrogens is 1. The monoisotopic (exact) mass is 169 g/mol. The van der Waals surface area contributed by atoms with Gasteiger partial charge in [-0.2, -0.15) is 0 Å². The molecule has 2 N–H and O–H groups in total. The molecule has 0 aliphatic rings. The molecule has 4 heteroatoms. The van der Waals surface area contributed by atoms with Gasteiger partial charge < -0.3 is 14.9 Å². The topological polar surface area (TPSA) is 62.6 Å². The Hall–Kier alpha value is -1.13. The Morgan fingerprint density at radius 3 is 2.67 bits per heavy atom. The second kappa shape index (κ2) is 4.69. The quantitative estimate of drug-likeness (QED) is 0.656. The van der Waals surface area contributed by atoms with Gasteiger partial charge in [-0.05, 0) is 12.1 Å². The molecule has 0 spiro atoms. The summed E-state index contributed by atoms with van der Waals surface area (Å²) in [4.78, 5) is 3.80. The van der Waals surface area contributed by atoms with Crippen molar-refractivity contribution in [1.29, 1.82) is 0 Å². The summed E-state index contributed by atoms with van der Waals surface area (Å²) < 4.78 is 5.11. The largest absolute Gasteiger partial charge is 0.491 e. The minimum atomic E-state index is -0.821. The number of hydrogen-bond acceptors (Lipinski definition) is 4. The molecule has 12 heavy (non-hydrogen) atoms. The number of aliphatic hydroxyl groups is 2. The minimum absolute atomic E-state index is 0.0977. The van der Waals surface area contributed by atoms with Gasteiger partial charge in [0.2, 0.25) is 0 Å². The molecule has 0 unspecified atom stereocenters. The first-order valence-electron chi connectivity index (χ1n) is 3.64. The van der Waals surface area contributed by atoms with Crippen molar-refractivity contribution >= 4 is 0 Å². The predicted molar refractivity (Wildman–Crippen MR) is 42.8 cm³/mol. The van der Waals surface area contributed by atoms with Gasteiger partial charge in [-0.15, -0.1) is 0 Å². The van der Waals surface area contributed by atoms with E-state index in [4.69, 9.17) is 14.9 Å². The third-order valence-corrected chi connectivity index (χ3v) is 1.30. The van der Waals surface area contributed by atoms with E-state index in [1.807, 2.05) is 0 Å². The molecule has 0 aliphatic heterocycles. The zero-order valence-corrected chi connectivity index (χ0v) is 6.55. The van der Waals surface area contributed by atoms with Gasteiger partial charge in [-0.25, -0.2) is 0 Å². The Morgan fingerprint density at radius 2 is 2.08 bits per heavy atom. The summed E-state index contributed by atoms with van der Waals surface area (Å²) in [5.41, 5.74) is 0. The van der Waals surface area contributed by atoms with Crippen molar-refractivity contribution in [3.05, 3.63) is 24.5 Å². The molecule has 1 heterocycles. The smallest absolute Gasteiger partial charge is 0.122 e. The standard InChI is InChI=1S/C8H11NO3/c10-5-7(11)6-12-8-1-3-9-4-2-8/h1-4,7,10-11H,5-6H2/t7-/m0/s1. The Bertz CT molecular complexity index is 215. The van der Waals surface area contributed by atoms with E-state index < -0.39 is 6.10 Å². The minimum Gasteiger partial charge on any atom is -0.491 e. The SMILES string of the molecule is OC[C@H](O)COc1ccncc1. The summed E-state index contributed by atoms with van der Waals surface area (Å²) in [6, 6.07) is 3.37. The van der Waals surface area contributed by atoms with Crippen molar-refractivity contribution in [2.75, 3.05) is 13.2 Å². The van der Waals surface area contributed by atoms with E-state index in [1.54, 1.807) is 24.5 Å². The van der Waals surface area contributed by atoms with E-state index in [0.29, 0.717) is 5.75 Å². The maximum Gasteiger partial charge on any atom is 0.122 e. The summed E-state index contributed by atoms with van der Waals surface area (Å²) in [6.07, 6.45) is 2.37. The first kappa shape index (κ1) is 8.96. The number of nitrogens with zero attached hydrogens (tertiary/aromatic N) is 1. The van der Waals surface area contributed by atoms with Crippen molar-refractivity contribution in [1.82, 2.24) is 4.98 Å². The van der Waals surface area contributed by atoms with Gasteiger partial charge in [0.15, 0.2) is 0 Å². The van der Waals surface area contributed by atoms with Gasteiger partial charge in [-0.3, -0.25) is 4.98 Å². The molecule has 0 fully saturated rings. The van der Waals surface area contributed by atoms with Gasteiger partial charge in [-0.1, -0.05) is 0 Å². The van der Waals surface area contributed by atoms with Crippen molar-refractivity contribution in [3.8, 4) is 5.75 Å². The molecule has 0 saturated carbocycles. The predicted octanol–water partition coefficient (Wildman–Crippen LogP) is -0.186. The van der Waals surface area contributed by atoms with Crippen LogP contribution in [0.3, 0.4) is 0 Å². The van der Waals surface area contributed by atoms with E-state index in [1.165, 1.54) is 0 Å². The van der Waals surface area contributed by atoms with Crippen LogP contribution in [0.4, 0.5) is 0 Å². The Balaban J connectivity index is 2.33. The number of hydrogen-bond donors (Lipinski definition) is 2. The Labute approximate surface area is 70.4 Å². The first-order valence-corrected chi connectivity index (χ1v) is 3.64. The summed E-state index contributed by atoms with van der Waals surface area (Å²) in [6.45, 7) is -0.189. The summed E-state index contributed by atoms with van der Waals surface area (Å²) in [5.74, 6) is 0.637. The van der Waals surface area contributed by atoms with Crippen molar-refractivity contribution < 1.29 is 14.9 Å². The van der Waals surface area contributed by atoms with E-state index in [0.717, 1.165) is 0 Å². The fraction of sp³-hybridized carbons (Fsp3) is 0.375. The molecule has 1 aromatic rings. The average Bonchev–Trinajstić information content (AvgIpc) is 2.16. The Morgan fingerprint density at radius 1 is 1.42 bits per heavy atom. The number of aliphatic hydroxyl groups excluding tert-OH is 2. The lowest BCUT2D eigenvalue weighted by atomic mass is 10.4. The maximum atomic E-state index is 8.93. The molecule has 1 atom stereocenters. The highest BCUT2D eigenvalue weighted by molar-refractivity contribution is 5.16. The lowest BCUT2D eigenvalue weighted by Crippen LogP contribution is -2.21. The molecule has 1 rings (SSSR count). The van der Waals surface area contributed by atoms with Crippen LogP contribution in [-0.4, -0.2) is 34.5 Å². The van der Waals surface area contributed by atoms with Crippen LogP contribution in [0.1, 0.15) is 0 Å². The summed E-state index contributed by atoms with van der Waals surface area (Å²) >= 11 is 0. The number of rotatable bonds is 4. The molecular formula is C8H11NO3. The molecule has 66 valence electrons. The summed E-state index contributed by atoms with van der Waals surface area (Å²) in [5, 5.41) is 17.4. The molecule has 0 aromatic carbocycles. The number of pyridine rings is 1. The van der Waals surface area contributed by atoms with Crippen LogP contribution in [0.25, 0.3) is 0 Å². The normalized spacial score (nSPS) is 12.5. The lowest BCUT2D eigenvalue weighted by molar-refractivity contribution is 0.0536. The van der Waals surface area contributed by atoms with Crippen LogP contribution in [0.2, 0.25) is 0 Å². The van der Waals surface area contributed by atoms with Gasteiger partial charge in [0.25, 0.3) is 0 Å². The molecule has 0 bridgehead atoms. The zero-order chi connectivity index (χ0) is 8.81. The van der Waals surface area contributed by atoms with E-state index in [9.17, 15) is 0 Å². The van der Waals surface area contributed by atoms with Gasteiger partial charge in [0, 0.05) is 12.4 Å². The number of ether oxygens (including phenoxy) is 1. The molecular weight excluding hydrogens is 158 g/mol. The molecule has 0 aliphatic carbocycles. The van der Waals surface area contributed by atoms with Crippen molar-refractivity contribution in [3.63, 3.8) is 0 Å². The van der Waals surface area contributed by atoms with Crippen LogP contribution < -0.4 is 4.74 Å². The van der Waals surface area contributed by atoms with Gasteiger partial charge in [0.1, 0.15) is 18.5 Å². The van der Waals surface area contributed by atoms with Crippen LogP contribution in [0.15, 0.2) is 24.5 Å². The molecule has 4 nitrogen and oxygen atoms in total. The second-order valence-corrected chi connectivity index (χ2v) is 2.33. The van der Waals surface area contributed by atoms with Gasteiger partial charge >= 0.3 is 0 Å². The highest BCUT2D eigenvalue weighted by Gasteiger charge is 2.01. The average molecular weight is 169 g/mol. The highest BCUT2D eigenvalue weighted by Crippen LogP contribution is 2.06. The van der Waals surface area contributed by atoms with Crippen molar-refractivity contribution in [2.24, 2.45) is 0 Å². The van der Waals surface area contributed by atoms with E-state index in [-0.39, 0.29) is 13.2 Å². The van der Waals surface area contributed by atoms with Crippen molar-refractivity contribution in [2.45, 2.75) is 6.10 Å². The highest BCUT2D eigenvalue weighted by atomic mass is 16.5. The third kappa shape index (κ3) is 2.86. The third-order valence-electron chi connectivity index (χ3n) is 1.30. The molecule has 0 saturated heterocycles. The maximum absolute atomic E-state index is 8.93. The second-order valence-electron chi connectivity index (χ2n) is 2.33. The first-order chi connectivity index (χ1) is 5.83. The molecule has 0 radical (unpaired) electrons. The fourth-order valence-corrected chi connectivity index (χ4v) is 0.680. The van der Waals surface area contributed by atoms with Crippen LogP contribution in [0, 0.1) is 0 Å².